The fourth-order valence-electron chi connectivity index (χ4n) is 2.82. The second kappa shape index (κ2) is 3.59. The normalized spacial score (nSPS) is 34.6. The predicted octanol–water partition coefficient (Wildman–Crippen LogP) is 2.95. The minimum atomic E-state index is 0.444. The van der Waals surface area contributed by atoms with Crippen LogP contribution in [0.1, 0.15) is 46.5 Å². The molecule has 0 aromatic carbocycles. The van der Waals surface area contributed by atoms with E-state index < -0.39 is 0 Å². The first-order valence-corrected chi connectivity index (χ1v) is 4.88. The van der Waals surface area contributed by atoms with Crippen LogP contribution < -0.4 is 0 Å². The molecule has 1 fully saturated rings. The highest BCUT2D eigenvalue weighted by atomic mass is 16.1. The Labute approximate surface area is 75.5 Å². The number of carbonyl (C=O) groups excluding carboxylic acids is 1. The average Bonchev–Trinajstić information content (AvgIpc) is 1.82. The summed E-state index contributed by atoms with van der Waals surface area (Å²) in [4.78, 5) is 10.3. The molecule has 1 nitrogen and oxygen atoms in total. The van der Waals surface area contributed by atoms with Gasteiger partial charge >= 0.3 is 0 Å². The molecule has 1 radical (unpaired) electrons. The molecule has 0 aromatic heterocycles. The van der Waals surface area contributed by atoms with Gasteiger partial charge in [-0.15, -0.1) is 0 Å². The van der Waals surface area contributed by atoms with Crippen LogP contribution in [-0.4, -0.2) is 6.29 Å². The molecule has 0 heterocycles. The zero-order chi connectivity index (χ0) is 9.19. The molecule has 0 saturated heterocycles. The Morgan fingerprint density at radius 2 is 2.08 bits per heavy atom. The van der Waals surface area contributed by atoms with Crippen molar-refractivity contribution in [1.29, 1.82) is 0 Å². The van der Waals surface area contributed by atoms with Gasteiger partial charge in [-0.2, -0.15) is 0 Å². The number of hydrogen-bond acceptors (Lipinski definition) is 1. The van der Waals surface area contributed by atoms with Gasteiger partial charge in [0, 0.05) is 6.42 Å². The van der Waals surface area contributed by atoms with E-state index in [0.717, 1.165) is 5.92 Å². The fraction of sp³-hybridized carbons (Fsp3) is 0.909. The van der Waals surface area contributed by atoms with E-state index in [1.165, 1.54) is 19.3 Å². The van der Waals surface area contributed by atoms with Crippen LogP contribution in [0.4, 0.5) is 0 Å². The molecule has 0 N–H and O–H groups in total. The van der Waals surface area contributed by atoms with Crippen LogP contribution in [0.5, 0.6) is 0 Å². The largest absolute Gasteiger partial charge is 0.291 e. The van der Waals surface area contributed by atoms with E-state index in [-0.39, 0.29) is 0 Å². The van der Waals surface area contributed by atoms with Crippen LogP contribution in [0.2, 0.25) is 0 Å². The van der Waals surface area contributed by atoms with Crippen molar-refractivity contribution in [2.45, 2.75) is 46.5 Å². The van der Waals surface area contributed by atoms with Crippen LogP contribution in [0, 0.1) is 17.3 Å². The van der Waals surface area contributed by atoms with Gasteiger partial charge in [-0.1, -0.05) is 20.8 Å². The molecule has 69 valence electrons. The highest BCUT2D eigenvalue weighted by Gasteiger charge is 2.31. The molecule has 0 spiro atoms. The summed E-state index contributed by atoms with van der Waals surface area (Å²) in [6.07, 6.45) is 6.42. The molecule has 1 aliphatic rings. The van der Waals surface area contributed by atoms with Crippen molar-refractivity contribution in [1.82, 2.24) is 0 Å². The van der Waals surface area contributed by atoms with Gasteiger partial charge in [-0.3, -0.25) is 4.79 Å². The summed E-state index contributed by atoms with van der Waals surface area (Å²) in [5.74, 6) is 1.38. The van der Waals surface area contributed by atoms with Gasteiger partial charge < -0.3 is 0 Å². The lowest BCUT2D eigenvalue weighted by Gasteiger charge is -2.38. The van der Waals surface area contributed by atoms with Crippen LogP contribution >= 0.6 is 0 Å². The van der Waals surface area contributed by atoms with Crippen LogP contribution in [-0.2, 0) is 4.79 Å². The Bertz CT molecular complexity index is 160. The van der Waals surface area contributed by atoms with Crippen LogP contribution in [0.3, 0.4) is 0 Å². The summed E-state index contributed by atoms with van der Waals surface area (Å²) < 4.78 is 0. The van der Waals surface area contributed by atoms with E-state index in [1.807, 2.05) is 6.29 Å². The Kier molecular flexibility index (Phi) is 2.92. The molecular formula is C11H19O. The van der Waals surface area contributed by atoms with Crippen molar-refractivity contribution in [2.75, 3.05) is 0 Å². The van der Waals surface area contributed by atoms with Crippen LogP contribution in [0.15, 0.2) is 0 Å². The Hall–Kier alpha value is -0.330. The third kappa shape index (κ3) is 2.62. The van der Waals surface area contributed by atoms with Gasteiger partial charge in [0.2, 0.25) is 0 Å². The SMILES string of the molecule is CC1CC(C[C]=O)CC(C)(C)C1. The van der Waals surface area contributed by atoms with Crippen molar-refractivity contribution in [2.24, 2.45) is 17.3 Å². The topological polar surface area (TPSA) is 17.1 Å². The minimum Gasteiger partial charge on any atom is -0.291 e. The van der Waals surface area contributed by atoms with Gasteiger partial charge in [0.15, 0.2) is 6.29 Å². The predicted molar refractivity (Wildman–Crippen MR) is 50.6 cm³/mol. The molecular weight excluding hydrogens is 148 g/mol. The minimum absolute atomic E-state index is 0.444. The summed E-state index contributed by atoms with van der Waals surface area (Å²) in [5, 5.41) is 0. The van der Waals surface area contributed by atoms with Gasteiger partial charge in [-0.05, 0) is 36.5 Å². The van der Waals surface area contributed by atoms with Gasteiger partial charge in [0.05, 0.1) is 0 Å². The van der Waals surface area contributed by atoms with Crippen molar-refractivity contribution < 1.29 is 4.79 Å². The van der Waals surface area contributed by atoms with Crippen molar-refractivity contribution >= 4 is 6.29 Å². The molecule has 1 rings (SSSR count). The first kappa shape index (κ1) is 9.76. The lowest BCUT2D eigenvalue weighted by molar-refractivity contribution is 0.136. The zero-order valence-electron chi connectivity index (χ0n) is 8.39. The van der Waals surface area contributed by atoms with E-state index in [4.69, 9.17) is 0 Å². The highest BCUT2D eigenvalue weighted by molar-refractivity contribution is 5.50. The molecule has 12 heavy (non-hydrogen) atoms. The molecule has 0 bridgehead atoms. The molecule has 2 unspecified atom stereocenters. The van der Waals surface area contributed by atoms with E-state index in [9.17, 15) is 4.79 Å². The molecule has 0 amide bonds. The van der Waals surface area contributed by atoms with Gasteiger partial charge in [0.25, 0.3) is 0 Å². The smallest absolute Gasteiger partial charge is 0.198 e. The quantitative estimate of drug-likeness (QED) is 0.618. The van der Waals surface area contributed by atoms with E-state index >= 15 is 0 Å². The second-order valence-corrected chi connectivity index (χ2v) is 5.13. The summed E-state index contributed by atoms with van der Waals surface area (Å²) in [5.41, 5.74) is 0.444. The van der Waals surface area contributed by atoms with E-state index in [2.05, 4.69) is 20.8 Å². The third-order valence-electron chi connectivity index (χ3n) is 2.85. The number of hydrogen-bond donors (Lipinski definition) is 0. The lowest BCUT2D eigenvalue weighted by atomic mass is 9.67. The van der Waals surface area contributed by atoms with Gasteiger partial charge in [-0.25, -0.2) is 0 Å². The Balaban J connectivity index is 2.51. The summed E-state index contributed by atoms with van der Waals surface area (Å²) in [7, 11) is 0. The second-order valence-electron chi connectivity index (χ2n) is 5.13. The molecule has 1 saturated carbocycles. The van der Waals surface area contributed by atoms with Crippen LogP contribution in [0.25, 0.3) is 0 Å². The molecule has 1 aliphatic carbocycles. The monoisotopic (exact) mass is 167 g/mol. The first-order valence-electron chi connectivity index (χ1n) is 4.88. The van der Waals surface area contributed by atoms with Crippen molar-refractivity contribution in [3.63, 3.8) is 0 Å². The highest BCUT2D eigenvalue weighted by Crippen LogP contribution is 2.42. The standard InChI is InChI=1S/C11H19O/c1-9-6-10(4-5-12)8-11(2,3)7-9/h9-10H,4,6-8H2,1-3H3. The Morgan fingerprint density at radius 3 is 2.58 bits per heavy atom. The molecule has 1 heteroatoms. The third-order valence-corrected chi connectivity index (χ3v) is 2.85. The van der Waals surface area contributed by atoms with E-state index in [1.54, 1.807) is 0 Å². The summed E-state index contributed by atoms with van der Waals surface area (Å²) >= 11 is 0. The lowest BCUT2D eigenvalue weighted by Crippen LogP contribution is -2.27. The first-order chi connectivity index (χ1) is 5.53. The maximum absolute atomic E-state index is 10.3. The molecule has 0 aromatic rings. The number of rotatable bonds is 2. The zero-order valence-corrected chi connectivity index (χ0v) is 8.39. The summed E-state index contributed by atoms with van der Waals surface area (Å²) in [6, 6.07) is 0. The van der Waals surface area contributed by atoms with E-state index in [0.29, 0.717) is 17.8 Å². The maximum atomic E-state index is 10.3. The maximum Gasteiger partial charge on any atom is 0.198 e. The van der Waals surface area contributed by atoms with Crippen molar-refractivity contribution in [3.05, 3.63) is 0 Å². The fourth-order valence-corrected chi connectivity index (χ4v) is 2.82. The summed E-state index contributed by atoms with van der Waals surface area (Å²) in [6.45, 7) is 6.90. The molecule has 0 aliphatic heterocycles. The Morgan fingerprint density at radius 1 is 1.42 bits per heavy atom. The molecule has 2 atom stereocenters. The van der Waals surface area contributed by atoms with Crippen molar-refractivity contribution in [3.8, 4) is 0 Å². The van der Waals surface area contributed by atoms with Gasteiger partial charge in [0.1, 0.15) is 0 Å². The average molecular weight is 167 g/mol.